The molecule has 2 aromatic rings. The summed E-state index contributed by atoms with van der Waals surface area (Å²) < 4.78 is 5.08. The monoisotopic (exact) mass is 444 g/mol. The summed E-state index contributed by atoms with van der Waals surface area (Å²) >= 11 is 0. The van der Waals surface area contributed by atoms with Gasteiger partial charge in [-0.15, -0.1) is 20.4 Å². The molecule has 0 aliphatic rings. The standard InChI is InChI=1S/C21H28N6O5/c1-13-24-26-17(27-25-13)14-8-10-15(11-9-14)18(28)22-12-6-5-7-16(19(29)30)23-20(31)32-21(2,3)4/h8-11,16H,5-7,12H2,1-4H3,(H,22,28)(H,23,31)(H,29,30). The SMILES string of the molecule is Cc1nnc(-c2ccc(C(=O)NCCCCC(NC(=O)OC(C)(C)C)C(=O)O)cc2)nn1. The lowest BCUT2D eigenvalue weighted by atomic mass is 10.1. The Balaban J connectivity index is 1.75. The maximum Gasteiger partial charge on any atom is 0.408 e. The van der Waals surface area contributed by atoms with Gasteiger partial charge in [0.05, 0.1) is 0 Å². The molecule has 1 heterocycles. The van der Waals surface area contributed by atoms with Gasteiger partial charge < -0.3 is 20.5 Å². The Morgan fingerprint density at radius 1 is 1.03 bits per heavy atom. The molecule has 0 saturated heterocycles. The number of unbranched alkanes of at least 4 members (excludes halogenated alkanes) is 1. The molecule has 0 aliphatic carbocycles. The van der Waals surface area contributed by atoms with Crippen molar-refractivity contribution in [2.24, 2.45) is 0 Å². The highest BCUT2D eigenvalue weighted by Crippen LogP contribution is 2.14. The first kappa shape index (κ1) is 24.6. The molecule has 1 aromatic heterocycles. The molecule has 172 valence electrons. The first-order valence-corrected chi connectivity index (χ1v) is 10.2. The van der Waals surface area contributed by atoms with Gasteiger partial charge in [0, 0.05) is 17.7 Å². The molecule has 0 radical (unpaired) electrons. The Morgan fingerprint density at radius 3 is 2.22 bits per heavy atom. The Labute approximate surface area is 186 Å². The number of carbonyl (C=O) groups is 3. The van der Waals surface area contributed by atoms with Crippen LogP contribution in [0.4, 0.5) is 4.79 Å². The molecule has 3 N–H and O–H groups in total. The number of aliphatic carboxylic acids is 1. The molecule has 1 unspecified atom stereocenters. The molecular formula is C21H28N6O5. The second kappa shape index (κ2) is 11.1. The number of carboxylic acids is 1. The van der Waals surface area contributed by atoms with Crippen molar-refractivity contribution in [3.05, 3.63) is 35.7 Å². The maximum atomic E-state index is 12.3. The molecule has 11 nitrogen and oxygen atoms in total. The van der Waals surface area contributed by atoms with E-state index in [1.807, 2.05) is 0 Å². The predicted molar refractivity (Wildman–Crippen MR) is 115 cm³/mol. The van der Waals surface area contributed by atoms with E-state index in [1.54, 1.807) is 52.0 Å². The molecule has 0 aliphatic heterocycles. The van der Waals surface area contributed by atoms with Crippen LogP contribution in [-0.4, -0.2) is 61.7 Å². The summed E-state index contributed by atoms with van der Waals surface area (Å²) in [6.45, 7) is 7.15. The van der Waals surface area contributed by atoms with Gasteiger partial charge in [-0.2, -0.15) is 0 Å². The Kier molecular flexibility index (Phi) is 8.56. The number of benzene rings is 1. The second-order valence-corrected chi connectivity index (χ2v) is 8.14. The first-order chi connectivity index (χ1) is 15.0. The molecule has 32 heavy (non-hydrogen) atoms. The summed E-state index contributed by atoms with van der Waals surface area (Å²) in [5.74, 6) is -0.544. The van der Waals surface area contributed by atoms with Gasteiger partial charge in [0.2, 0.25) is 5.82 Å². The lowest BCUT2D eigenvalue weighted by Gasteiger charge is -2.22. The van der Waals surface area contributed by atoms with E-state index in [4.69, 9.17) is 4.74 Å². The van der Waals surface area contributed by atoms with Crippen LogP contribution in [0.25, 0.3) is 11.4 Å². The van der Waals surface area contributed by atoms with Crippen LogP contribution in [0.1, 0.15) is 56.2 Å². The van der Waals surface area contributed by atoms with E-state index in [0.717, 1.165) is 0 Å². The van der Waals surface area contributed by atoms with Gasteiger partial charge in [-0.05, 0) is 59.1 Å². The number of hydrogen-bond donors (Lipinski definition) is 3. The van der Waals surface area contributed by atoms with Gasteiger partial charge in [-0.3, -0.25) is 4.79 Å². The summed E-state index contributed by atoms with van der Waals surface area (Å²) in [7, 11) is 0. The Bertz CT molecular complexity index is 925. The smallest absolute Gasteiger partial charge is 0.408 e. The van der Waals surface area contributed by atoms with Crippen LogP contribution in [-0.2, 0) is 9.53 Å². The number of alkyl carbamates (subject to hydrolysis) is 1. The van der Waals surface area contributed by atoms with Crippen LogP contribution in [0.5, 0.6) is 0 Å². The largest absolute Gasteiger partial charge is 0.480 e. The van der Waals surface area contributed by atoms with Gasteiger partial charge in [-0.25, -0.2) is 9.59 Å². The molecule has 0 bridgehead atoms. The molecule has 2 amide bonds. The van der Waals surface area contributed by atoms with Crippen LogP contribution in [0.3, 0.4) is 0 Å². The topological polar surface area (TPSA) is 156 Å². The number of amides is 2. The van der Waals surface area contributed by atoms with Crippen molar-refractivity contribution in [1.82, 2.24) is 31.0 Å². The van der Waals surface area contributed by atoms with Crippen molar-refractivity contribution in [2.75, 3.05) is 6.54 Å². The van der Waals surface area contributed by atoms with Crippen LogP contribution < -0.4 is 10.6 Å². The van der Waals surface area contributed by atoms with E-state index in [1.165, 1.54) is 0 Å². The van der Waals surface area contributed by atoms with E-state index < -0.39 is 23.7 Å². The lowest BCUT2D eigenvalue weighted by Crippen LogP contribution is -2.43. The number of aromatic nitrogens is 4. The van der Waals surface area contributed by atoms with Crippen LogP contribution in [0.2, 0.25) is 0 Å². The van der Waals surface area contributed by atoms with Gasteiger partial charge in [0.1, 0.15) is 11.6 Å². The number of aryl methyl sites for hydroxylation is 1. The fraction of sp³-hybridized carbons (Fsp3) is 0.476. The number of carbonyl (C=O) groups excluding carboxylic acids is 2. The van der Waals surface area contributed by atoms with E-state index in [9.17, 15) is 19.5 Å². The Hall–Kier alpha value is -3.63. The van der Waals surface area contributed by atoms with Crippen molar-refractivity contribution in [3.8, 4) is 11.4 Å². The van der Waals surface area contributed by atoms with Crippen molar-refractivity contribution in [2.45, 2.75) is 58.6 Å². The third kappa shape index (κ3) is 8.25. The fourth-order valence-electron chi connectivity index (χ4n) is 2.65. The highest BCUT2D eigenvalue weighted by molar-refractivity contribution is 5.94. The summed E-state index contributed by atoms with van der Waals surface area (Å²) in [4.78, 5) is 35.4. The zero-order chi connectivity index (χ0) is 23.7. The van der Waals surface area contributed by atoms with E-state index in [2.05, 4.69) is 31.0 Å². The lowest BCUT2D eigenvalue weighted by molar-refractivity contribution is -0.139. The van der Waals surface area contributed by atoms with E-state index >= 15 is 0 Å². The average Bonchev–Trinajstić information content (AvgIpc) is 2.71. The average molecular weight is 444 g/mol. The number of ether oxygens (including phenoxy) is 1. The highest BCUT2D eigenvalue weighted by Gasteiger charge is 2.23. The van der Waals surface area contributed by atoms with Crippen LogP contribution >= 0.6 is 0 Å². The minimum Gasteiger partial charge on any atom is -0.480 e. The number of nitrogens with zero attached hydrogens (tertiary/aromatic N) is 4. The minimum atomic E-state index is -1.14. The number of carboxylic acid groups (broad SMARTS) is 1. The molecule has 1 atom stereocenters. The summed E-state index contributed by atoms with van der Waals surface area (Å²) in [5.41, 5.74) is 0.451. The van der Waals surface area contributed by atoms with E-state index in [0.29, 0.717) is 42.2 Å². The van der Waals surface area contributed by atoms with Gasteiger partial charge in [0.15, 0.2) is 5.82 Å². The normalized spacial score (nSPS) is 12.0. The third-order valence-electron chi connectivity index (χ3n) is 4.18. The predicted octanol–water partition coefficient (Wildman–Crippen LogP) is 2.12. The molecule has 11 heteroatoms. The van der Waals surface area contributed by atoms with Gasteiger partial charge >= 0.3 is 12.1 Å². The summed E-state index contributed by atoms with van der Waals surface area (Å²) in [6, 6.07) is 5.67. The van der Waals surface area contributed by atoms with Gasteiger partial charge in [-0.1, -0.05) is 12.1 Å². The van der Waals surface area contributed by atoms with E-state index in [-0.39, 0.29) is 12.3 Å². The van der Waals surface area contributed by atoms with Crippen LogP contribution in [0.15, 0.2) is 24.3 Å². The quantitative estimate of drug-likeness (QED) is 0.493. The van der Waals surface area contributed by atoms with Crippen molar-refractivity contribution in [3.63, 3.8) is 0 Å². The molecule has 2 rings (SSSR count). The number of hydrogen-bond acceptors (Lipinski definition) is 8. The minimum absolute atomic E-state index is 0.220. The molecule has 0 saturated carbocycles. The third-order valence-corrected chi connectivity index (χ3v) is 4.18. The molecule has 1 aromatic carbocycles. The first-order valence-electron chi connectivity index (χ1n) is 10.2. The fourth-order valence-corrected chi connectivity index (χ4v) is 2.65. The molecular weight excluding hydrogens is 416 g/mol. The van der Waals surface area contributed by atoms with Crippen molar-refractivity contribution in [1.29, 1.82) is 0 Å². The van der Waals surface area contributed by atoms with Gasteiger partial charge in [0.25, 0.3) is 5.91 Å². The number of nitrogens with one attached hydrogen (secondary N) is 2. The summed E-state index contributed by atoms with van der Waals surface area (Å²) in [6.07, 6.45) is 0.497. The Morgan fingerprint density at radius 2 is 1.66 bits per heavy atom. The van der Waals surface area contributed by atoms with Crippen molar-refractivity contribution < 1.29 is 24.2 Å². The zero-order valence-corrected chi connectivity index (χ0v) is 18.6. The number of rotatable bonds is 9. The van der Waals surface area contributed by atoms with Crippen LogP contribution in [0, 0.1) is 6.92 Å². The maximum absolute atomic E-state index is 12.3. The molecule has 0 fully saturated rings. The second-order valence-electron chi connectivity index (χ2n) is 8.14. The van der Waals surface area contributed by atoms with Crippen molar-refractivity contribution >= 4 is 18.0 Å². The molecule has 0 spiro atoms. The highest BCUT2D eigenvalue weighted by atomic mass is 16.6. The summed E-state index contributed by atoms with van der Waals surface area (Å²) in [5, 5.41) is 30.0. The zero-order valence-electron chi connectivity index (χ0n) is 18.6.